The third-order valence-corrected chi connectivity index (χ3v) is 11.6. The van der Waals surface area contributed by atoms with Crippen LogP contribution in [0.15, 0.2) is 78.1 Å². The third-order valence-electron chi connectivity index (χ3n) is 6.98. The van der Waals surface area contributed by atoms with Gasteiger partial charge in [0.1, 0.15) is 28.8 Å². The van der Waals surface area contributed by atoms with Crippen LogP contribution in [0.25, 0.3) is 0 Å². The van der Waals surface area contributed by atoms with E-state index in [0.717, 1.165) is 5.56 Å². The van der Waals surface area contributed by atoms with E-state index in [0.29, 0.717) is 27.0 Å². The maximum absolute atomic E-state index is 12.7. The monoisotopic (exact) mass is 580 g/mol. The van der Waals surface area contributed by atoms with Crippen molar-refractivity contribution in [1.82, 2.24) is 0 Å². The maximum atomic E-state index is 12.7. The fourth-order valence-corrected chi connectivity index (χ4v) is 10.9. The van der Waals surface area contributed by atoms with E-state index in [1.807, 2.05) is 30.3 Å². The number of methoxy groups -OCH3 is 3. The lowest BCUT2D eigenvalue weighted by atomic mass is 10.0. The summed E-state index contributed by atoms with van der Waals surface area (Å²) in [5, 5.41) is 54.6. The molecule has 0 bridgehead atoms. The average Bonchev–Trinajstić information content (AvgIpc) is 2.99. The Bertz CT molecular complexity index is 1430. The van der Waals surface area contributed by atoms with Gasteiger partial charge in [0.15, 0.2) is 5.78 Å². The number of phenolic OH excluding ortho intramolecular Hbond substituents is 2. The van der Waals surface area contributed by atoms with Crippen LogP contribution in [0.5, 0.6) is 23.0 Å². The minimum absolute atomic E-state index is 0.125. The SMILES string of the molecule is COC1=CC(=O)C=C(CO)C1=P(Cc1ccccc1)(c1c(CO)cc(O)cc1CO)c1c(OC)cc(O)cc1OC. The van der Waals surface area contributed by atoms with Crippen LogP contribution in [-0.2, 0) is 28.9 Å². The highest BCUT2D eigenvalue weighted by molar-refractivity contribution is 7.90. The van der Waals surface area contributed by atoms with Gasteiger partial charge in [-0.15, -0.1) is 0 Å². The second kappa shape index (κ2) is 12.7. The molecule has 0 amide bonds. The van der Waals surface area contributed by atoms with Crippen molar-refractivity contribution >= 4 is 28.6 Å². The molecule has 9 nitrogen and oxygen atoms in total. The van der Waals surface area contributed by atoms with Gasteiger partial charge in [-0.05, 0) is 52.7 Å². The predicted octanol–water partition coefficient (Wildman–Crippen LogP) is 2.47. The zero-order valence-electron chi connectivity index (χ0n) is 23.0. The van der Waals surface area contributed by atoms with E-state index in [1.54, 1.807) is 0 Å². The van der Waals surface area contributed by atoms with Gasteiger partial charge < -0.3 is 39.7 Å². The second-order valence-corrected chi connectivity index (χ2v) is 12.6. The number of rotatable bonds is 10. The molecule has 1 atom stereocenters. The minimum atomic E-state index is -3.38. The second-order valence-electron chi connectivity index (χ2n) is 9.37. The molecule has 1 aliphatic rings. The zero-order valence-corrected chi connectivity index (χ0v) is 23.9. The summed E-state index contributed by atoms with van der Waals surface area (Å²) in [7, 11) is 4.30. The Morgan fingerprint density at radius 1 is 0.707 bits per heavy atom. The molecular formula is C31H33O9P. The predicted molar refractivity (Wildman–Crippen MR) is 158 cm³/mol. The van der Waals surface area contributed by atoms with Crippen LogP contribution in [0.4, 0.5) is 0 Å². The number of carbonyl (C=O) groups is 1. The molecule has 5 N–H and O–H groups in total. The number of benzene rings is 3. The Morgan fingerprint density at radius 2 is 1.27 bits per heavy atom. The molecule has 0 aliphatic heterocycles. The summed E-state index contributed by atoms with van der Waals surface area (Å²) in [5.41, 5.74) is 1.74. The minimum Gasteiger partial charge on any atom is -0.508 e. The lowest BCUT2D eigenvalue weighted by Gasteiger charge is -2.38. The molecule has 3 aromatic rings. The van der Waals surface area contributed by atoms with Gasteiger partial charge in [-0.2, -0.15) is 0 Å². The number of aliphatic hydroxyl groups excluding tert-OH is 3. The number of aliphatic hydroxyl groups is 3. The van der Waals surface area contributed by atoms with E-state index >= 15 is 0 Å². The molecule has 0 fully saturated rings. The van der Waals surface area contributed by atoms with Gasteiger partial charge in [-0.25, -0.2) is 0 Å². The number of ether oxygens (including phenoxy) is 3. The van der Waals surface area contributed by atoms with Crippen LogP contribution in [0.2, 0.25) is 0 Å². The Kier molecular flexibility index (Phi) is 9.25. The van der Waals surface area contributed by atoms with E-state index in [9.17, 15) is 30.3 Å². The van der Waals surface area contributed by atoms with Crippen LogP contribution in [0, 0.1) is 0 Å². The molecule has 4 rings (SSSR count). The summed E-state index contributed by atoms with van der Waals surface area (Å²) in [6.45, 7) is -4.92. The molecule has 0 saturated carbocycles. The van der Waals surface area contributed by atoms with Crippen molar-refractivity contribution in [2.45, 2.75) is 19.4 Å². The number of ketones is 1. The van der Waals surface area contributed by atoms with Gasteiger partial charge >= 0.3 is 0 Å². The molecule has 216 valence electrons. The molecule has 10 heteroatoms. The van der Waals surface area contributed by atoms with Crippen LogP contribution in [-0.4, -0.2) is 64.5 Å². The normalized spacial score (nSPS) is 14.7. The van der Waals surface area contributed by atoms with Gasteiger partial charge in [0.05, 0.1) is 46.5 Å². The van der Waals surface area contributed by atoms with Crippen molar-refractivity contribution in [2.24, 2.45) is 0 Å². The summed E-state index contributed by atoms with van der Waals surface area (Å²) < 4.78 is 17.5. The summed E-state index contributed by atoms with van der Waals surface area (Å²) in [5.74, 6) is -0.00169. The van der Waals surface area contributed by atoms with Crippen LogP contribution >= 0.6 is 6.89 Å². The van der Waals surface area contributed by atoms with E-state index < -0.39 is 26.7 Å². The van der Waals surface area contributed by atoms with E-state index in [1.165, 1.54) is 57.7 Å². The quantitative estimate of drug-likeness (QED) is 0.228. The van der Waals surface area contributed by atoms with Crippen molar-refractivity contribution in [2.75, 3.05) is 27.9 Å². The molecule has 3 aromatic carbocycles. The van der Waals surface area contributed by atoms with Crippen LogP contribution in [0.1, 0.15) is 16.7 Å². The molecule has 0 saturated heterocycles. The summed E-state index contributed by atoms with van der Waals surface area (Å²) in [6, 6.07) is 15.1. The number of hydrogen-bond donors (Lipinski definition) is 5. The van der Waals surface area contributed by atoms with E-state index in [2.05, 4.69) is 0 Å². The Morgan fingerprint density at radius 3 is 1.76 bits per heavy atom. The highest BCUT2D eigenvalue weighted by atomic mass is 31.2. The van der Waals surface area contributed by atoms with Crippen LogP contribution in [0.3, 0.4) is 0 Å². The standard InChI is InChI=1S/C31H33O9P/c1-38-26-12-24(36)11-22(17-34)30(26)41(18-19-7-5-4-6-8-19,29-20(15-32)9-23(35)10-21(29)16-33)31-27(39-2)13-25(37)14-28(31)40-3/h4-14,32-35,37H,15-18H2,1-3H3. The molecular weight excluding hydrogens is 547 g/mol. The zero-order chi connectivity index (χ0) is 29.7. The van der Waals surface area contributed by atoms with Gasteiger partial charge in [0.2, 0.25) is 0 Å². The molecule has 0 heterocycles. The fourth-order valence-electron chi connectivity index (χ4n) is 5.51. The lowest BCUT2D eigenvalue weighted by molar-refractivity contribution is -0.110. The van der Waals surface area contributed by atoms with Gasteiger partial charge in [0, 0.05) is 29.7 Å². The van der Waals surface area contributed by atoms with Crippen molar-refractivity contribution in [3.8, 4) is 23.0 Å². The Hall–Kier alpha value is -4.01. The highest BCUT2D eigenvalue weighted by Gasteiger charge is 2.41. The number of aromatic hydroxyl groups is 2. The summed E-state index contributed by atoms with van der Waals surface area (Å²) in [6.07, 6.45) is 2.89. The lowest BCUT2D eigenvalue weighted by Crippen LogP contribution is -2.34. The first-order valence-electron chi connectivity index (χ1n) is 12.7. The Balaban J connectivity index is 2.46. The number of allylic oxidation sites excluding steroid dienone is 3. The van der Waals surface area contributed by atoms with Crippen molar-refractivity contribution in [3.63, 3.8) is 0 Å². The van der Waals surface area contributed by atoms with Crippen molar-refractivity contribution in [1.29, 1.82) is 0 Å². The van der Waals surface area contributed by atoms with Crippen molar-refractivity contribution in [3.05, 3.63) is 94.8 Å². The van der Waals surface area contributed by atoms with Gasteiger partial charge in [-0.3, -0.25) is 4.79 Å². The molecule has 1 aliphatic carbocycles. The van der Waals surface area contributed by atoms with Crippen LogP contribution < -0.4 is 20.1 Å². The number of phenols is 2. The largest absolute Gasteiger partial charge is 0.508 e. The maximum Gasteiger partial charge on any atom is 0.182 e. The van der Waals surface area contributed by atoms with Gasteiger partial charge in [0.25, 0.3) is 0 Å². The topological polar surface area (TPSA) is 146 Å². The molecule has 1 unspecified atom stereocenters. The van der Waals surface area contributed by atoms with E-state index in [4.69, 9.17) is 14.2 Å². The number of hydrogen-bond acceptors (Lipinski definition) is 9. The summed E-state index contributed by atoms with van der Waals surface area (Å²) >= 11 is 0. The van der Waals surface area contributed by atoms with E-state index in [-0.39, 0.29) is 46.3 Å². The van der Waals surface area contributed by atoms with Gasteiger partial charge in [-0.1, -0.05) is 30.3 Å². The summed E-state index contributed by atoms with van der Waals surface area (Å²) in [4.78, 5) is 12.7. The third kappa shape index (κ3) is 5.49. The van der Waals surface area contributed by atoms with Crippen molar-refractivity contribution < 1.29 is 44.5 Å². The highest BCUT2D eigenvalue weighted by Crippen LogP contribution is 2.59. The molecule has 41 heavy (non-hydrogen) atoms. The Labute approximate surface area is 238 Å². The first kappa shape index (κ1) is 30.0. The number of carbonyl (C=O) groups excluding carboxylic acids is 1. The first-order valence-corrected chi connectivity index (χ1v) is 14.7. The smallest absolute Gasteiger partial charge is 0.182 e. The molecule has 0 spiro atoms. The molecule has 0 radical (unpaired) electrons. The first-order chi connectivity index (χ1) is 19.8. The molecule has 0 aromatic heterocycles. The fraction of sp³-hybridized carbons (Fsp3) is 0.226. The average molecular weight is 581 g/mol.